The minimum atomic E-state index is 0.0968. The molecule has 0 aromatic heterocycles. The van der Waals surface area contributed by atoms with Crippen LogP contribution in [0.15, 0.2) is 0 Å². The average Bonchev–Trinajstić information content (AvgIpc) is 1.97. The third-order valence-electron chi connectivity index (χ3n) is 1.48. The van der Waals surface area contributed by atoms with Crippen molar-refractivity contribution < 1.29 is 4.79 Å². The Balaban J connectivity index is 3.17. The lowest BCUT2D eigenvalue weighted by Gasteiger charge is -2.14. The largest absolute Gasteiger partial charge is 0.345 e. The number of hydrogen-bond donors (Lipinski definition) is 2. The van der Waals surface area contributed by atoms with Gasteiger partial charge < -0.3 is 16.0 Å². The second-order valence-corrected chi connectivity index (χ2v) is 2.48. The van der Waals surface area contributed by atoms with Crippen molar-refractivity contribution in [2.45, 2.75) is 6.92 Å². The predicted octanol–water partition coefficient (Wildman–Crippen LogP) is -0.987. The molecule has 4 heteroatoms. The number of likely N-dealkylation sites (N-methyl/N-ethyl adjacent to an activating group) is 1. The quantitative estimate of drug-likeness (QED) is 0.507. The van der Waals surface area contributed by atoms with Crippen molar-refractivity contribution >= 4 is 5.91 Å². The zero-order valence-corrected chi connectivity index (χ0v) is 7.26. The molecule has 66 valence electrons. The van der Waals surface area contributed by atoms with E-state index in [0.717, 1.165) is 19.6 Å². The zero-order chi connectivity index (χ0) is 8.69. The third kappa shape index (κ3) is 5.82. The lowest BCUT2D eigenvalue weighted by Crippen LogP contribution is -2.34. The molecule has 4 nitrogen and oxygen atoms in total. The highest BCUT2D eigenvalue weighted by molar-refractivity contribution is 5.72. The number of nitrogens with two attached hydrogens (primary N) is 1. The van der Waals surface area contributed by atoms with Crippen LogP contribution in [-0.4, -0.2) is 44.0 Å². The van der Waals surface area contributed by atoms with Crippen LogP contribution in [0.1, 0.15) is 6.92 Å². The van der Waals surface area contributed by atoms with E-state index in [2.05, 4.69) is 5.32 Å². The highest BCUT2D eigenvalue weighted by Gasteiger charge is 1.98. The van der Waals surface area contributed by atoms with Crippen LogP contribution in [0.4, 0.5) is 0 Å². The molecule has 0 bridgehead atoms. The van der Waals surface area contributed by atoms with Gasteiger partial charge in [-0.25, -0.2) is 0 Å². The van der Waals surface area contributed by atoms with Gasteiger partial charge >= 0.3 is 0 Å². The van der Waals surface area contributed by atoms with Crippen LogP contribution in [0.2, 0.25) is 0 Å². The van der Waals surface area contributed by atoms with E-state index in [4.69, 9.17) is 5.73 Å². The standard InChI is InChI=1S/C7H17N3O/c1-7(11)10(2)6-5-9-4-3-8/h9H,3-6,8H2,1-2H3. The van der Waals surface area contributed by atoms with E-state index in [9.17, 15) is 4.79 Å². The van der Waals surface area contributed by atoms with Gasteiger partial charge in [-0.2, -0.15) is 0 Å². The van der Waals surface area contributed by atoms with Crippen LogP contribution < -0.4 is 11.1 Å². The first-order chi connectivity index (χ1) is 5.18. The van der Waals surface area contributed by atoms with Crippen molar-refractivity contribution in [2.24, 2.45) is 5.73 Å². The monoisotopic (exact) mass is 159 g/mol. The number of hydrogen-bond acceptors (Lipinski definition) is 3. The summed E-state index contributed by atoms with van der Waals surface area (Å²) in [5, 5.41) is 3.10. The minimum Gasteiger partial charge on any atom is -0.345 e. The first kappa shape index (κ1) is 10.4. The van der Waals surface area contributed by atoms with E-state index >= 15 is 0 Å². The van der Waals surface area contributed by atoms with Crippen LogP contribution in [-0.2, 0) is 4.79 Å². The van der Waals surface area contributed by atoms with Crippen molar-refractivity contribution in [1.29, 1.82) is 0 Å². The number of carbonyl (C=O) groups excluding carboxylic acids is 1. The van der Waals surface area contributed by atoms with E-state index in [1.54, 1.807) is 18.9 Å². The molecule has 0 aliphatic heterocycles. The first-order valence-corrected chi connectivity index (χ1v) is 3.81. The molecule has 0 saturated carbocycles. The van der Waals surface area contributed by atoms with Gasteiger partial charge in [0.2, 0.25) is 5.91 Å². The molecule has 0 spiro atoms. The number of rotatable bonds is 5. The molecule has 0 aliphatic carbocycles. The SMILES string of the molecule is CC(=O)N(C)CCNCCN. The van der Waals surface area contributed by atoms with Crippen molar-refractivity contribution in [3.8, 4) is 0 Å². The highest BCUT2D eigenvalue weighted by Crippen LogP contribution is 1.79. The van der Waals surface area contributed by atoms with E-state index in [0.29, 0.717) is 6.54 Å². The van der Waals surface area contributed by atoms with Crippen molar-refractivity contribution in [3.05, 3.63) is 0 Å². The Morgan fingerprint density at radius 2 is 2.18 bits per heavy atom. The molecule has 1 amide bonds. The van der Waals surface area contributed by atoms with Crippen molar-refractivity contribution in [3.63, 3.8) is 0 Å². The maximum absolute atomic E-state index is 10.7. The summed E-state index contributed by atoms with van der Waals surface area (Å²) in [5.74, 6) is 0.0968. The minimum absolute atomic E-state index is 0.0968. The van der Waals surface area contributed by atoms with Gasteiger partial charge in [0.25, 0.3) is 0 Å². The summed E-state index contributed by atoms with van der Waals surface area (Å²) in [4.78, 5) is 12.4. The van der Waals surface area contributed by atoms with Gasteiger partial charge in [0, 0.05) is 40.2 Å². The number of carbonyl (C=O) groups is 1. The smallest absolute Gasteiger partial charge is 0.219 e. The molecule has 0 unspecified atom stereocenters. The van der Waals surface area contributed by atoms with Crippen molar-refractivity contribution in [1.82, 2.24) is 10.2 Å². The Morgan fingerprint density at radius 3 is 2.64 bits per heavy atom. The maximum atomic E-state index is 10.7. The summed E-state index contributed by atoms with van der Waals surface area (Å²) in [5.41, 5.74) is 5.26. The fourth-order valence-electron chi connectivity index (χ4n) is 0.631. The Labute approximate surface area is 67.7 Å². The predicted molar refractivity (Wildman–Crippen MR) is 45.2 cm³/mol. The molecular formula is C7H17N3O. The molecule has 0 heterocycles. The van der Waals surface area contributed by atoms with Gasteiger partial charge in [0.15, 0.2) is 0 Å². The molecule has 0 rings (SSSR count). The molecule has 0 radical (unpaired) electrons. The normalized spacial score (nSPS) is 9.73. The third-order valence-corrected chi connectivity index (χ3v) is 1.48. The Kier molecular flexibility index (Phi) is 5.78. The summed E-state index contributed by atoms with van der Waals surface area (Å²) in [7, 11) is 1.78. The molecule has 0 fully saturated rings. The Hall–Kier alpha value is -0.610. The Morgan fingerprint density at radius 1 is 1.55 bits per heavy atom. The van der Waals surface area contributed by atoms with Crippen LogP contribution in [0.25, 0.3) is 0 Å². The second kappa shape index (κ2) is 6.12. The van der Waals surface area contributed by atoms with E-state index in [1.807, 2.05) is 0 Å². The summed E-state index contributed by atoms with van der Waals surface area (Å²) in [6.45, 7) is 4.57. The van der Waals surface area contributed by atoms with E-state index in [1.165, 1.54) is 0 Å². The molecular weight excluding hydrogens is 142 g/mol. The van der Waals surface area contributed by atoms with Gasteiger partial charge in [0.1, 0.15) is 0 Å². The molecule has 0 atom stereocenters. The lowest BCUT2D eigenvalue weighted by molar-refractivity contribution is -0.127. The first-order valence-electron chi connectivity index (χ1n) is 3.81. The zero-order valence-electron chi connectivity index (χ0n) is 7.26. The van der Waals surface area contributed by atoms with E-state index < -0.39 is 0 Å². The second-order valence-electron chi connectivity index (χ2n) is 2.48. The fraction of sp³-hybridized carbons (Fsp3) is 0.857. The molecule has 0 aromatic rings. The van der Waals surface area contributed by atoms with E-state index in [-0.39, 0.29) is 5.91 Å². The van der Waals surface area contributed by atoms with Gasteiger partial charge in [-0.05, 0) is 0 Å². The molecule has 11 heavy (non-hydrogen) atoms. The van der Waals surface area contributed by atoms with Crippen LogP contribution in [0.3, 0.4) is 0 Å². The summed E-state index contributed by atoms with van der Waals surface area (Å²) >= 11 is 0. The number of amides is 1. The van der Waals surface area contributed by atoms with Crippen LogP contribution in [0, 0.1) is 0 Å². The summed E-state index contributed by atoms with van der Waals surface area (Å²) < 4.78 is 0. The number of nitrogens with one attached hydrogen (secondary N) is 1. The highest BCUT2D eigenvalue weighted by atomic mass is 16.2. The van der Waals surface area contributed by atoms with Gasteiger partial charge in [0.05, 0.1) is 0 Å². The number of nitrogens with zero attached hydrogens (tertiary/aromatic N) is 1. The van der Waals surface area contributed by atoms with Crippen LogP contribution in [0.5, 0.6) is 0 Å². The maximum Gasteiger partial charge on any atom is 0.219 e. The summed E-state index contributed by atoms with van der Waals surface area (Å²) in [6.07, 6.45) is 0. The molecule has 0 aromatic carbocycles. The van der Waals surface area contributed by atoms with Gasteiger partial charge in [-0.3, -0.25) is 4.79 Å². The topological polar surface area (TPSA) is 58.4 Å². The van der Waals surface area contributed by atoms with Gasteiger partial charge in [-0.15, -0.1) is 0 Å². The van der Waals surface area contributed by atoms with Crippen molar-refractivity contribution in [2.75, 3.05) is 33.2 Å². The average molecular weight is 159 g/mol. The molecule has 0 saturated heterocycles. The Bertz CT molecular complexity index is 116. The van der Waals surface area contributed by atoms with Crippen LogP contribution >= 0.6 is 0 Å². The molecule has 3 N–H and O–H groups in total. The fourth-order valence-corrected chi connectivity index (χ4v) is 0.631. The molecule has 0 aliphatic rings. The summed E-state index contributed by atoms with van der Waals surface area (Å²) in [6, 6.07) is 0. The van der Waals surface area contributed by atoms with Gasteiger partial charge in [-0.1, -0.05) is 0 Å². The lowest BCUT2D eigenvalue weighted by atomic mass is 10.5.